The van der Waals surface area contributed by atoms with E-state index in [1.807, 2.05) is 0 Å². The van der Waals surface area contributed by atoms with E-state index in [-0.39, 0.29) is 24.5 Å². The zero-order valence-corrected chi connectivity index (χ0v) is 10.8. The molecule has 0 aliphatic rings. The van der Waals surface area contributed by atoms with E-state index in [0.717, 1.165) is 6.07 Å². The maximum atomic E-state index is 13.9. The number of Topliss-reactive ketones (excluding diaryl/α,β-unsaturated/α-hetero) is 1. The Kier molecular flexibility index (Phi) is 4.01. The first kappa shape index (κ1) is 14.7. The van der Waals surface area contributed by atoms with Crippen molar-refractivity contribution in [3.8, 4) is 11.4 Å². The summed E-state index contributed by atoms with van der Waals surface area (Å²) in [6.07, 6.45) is 0.266. The van der Waals surface area contributed by atoms with Crippen molar-refractivity contribution in [2.75, 3.05) is 0 Å². The molecule has 0 aliphatic carbocycles. The van der Waals surface area contributed by atoms with Crippen molar-refractivity contribution >= 4 is 11.5 Å². The Labute approximate surface area is 116 Å². The van der Waals surface area contributed by atoms with Gasteiger partial charge in [0, 0.05) is 18.9 Å². The van der Waals surface area contributed by atoms with Gasteiger partial charge >= 0.3 is 5.69 Å². The first-order valence-electron chi connectivity index (χ1n) is 5.85. The number of benzene rings is 1. The van der Waals surface area contributed by atoms with Crippen molar-refractivity contribution in [3.05, 3.63) is 39.8 Å². The van der Waals surface area contributed by atoms with Crippen LogP contribution in [0.4, 0.5) is 14.5 Å². The molecule has 0 atom stereocenters. The number of nitrogens with zero attached hydrogens (tertiary/aromatic N) is 3. The van der Waals surface area contributed by atoms with Gasteiger partial charge in [-0.15, -0.1) is 0 Å². The fraction of sp³-hybridized carbons (Fsp3) is 0.250. The summed E-state index contributed by atoms with van der Waals surface area (Å²) < 4.78 is 32.4. The molecular weight excluding hydrogens is 288 g/mol. The molecule has 0 N–H and O–H groups in total. The molecule has 21 heavy (non-hydrogen) atoms. The number of aryl methyl sites for hydroxylation is 1. The second-order valence-corrected chi connectivity index (χ2v) is 4.23. The molecule has 0 aliphatic heterocycles. The quantitative estimate of drug-likeness (QED) is 0.620. The number of hydrogen-bond donors (Lipinski definition) is 0. The zero-order chi connectivity index (χ0) is 15.6. The molecule has 110 valence electrons. The van der Waals surface area contributed by atoms with Crippen molar-refractivity contribution in [2.24, 2.45) is 0 Å². The Hall–Kier alpha value is -2.71. The smallest absolute Gasteiger partial charge is 0.305 e. The van der Waals surface area contributed by atoms with Gasteiger partial charge in [-0.25, -0.2) is 4.39 Å². The lowest BCUT2D eigenvalue weighted by Crippen LogP contribution is -1.99. The fourth-order valence-corrected chi connectivity index (χ4v) is 1.63. The van der Waals surface area contributed by atoms with E-state index < -0.39 is 33.6 Å². The molecule has 1 heterocycles. The third kappa shape index (κ3) is 3.07. The van der Waals surface area contributed by atoms with Crippen LogP contribution in [0, 0.1) is 21.7 Å². The van der Waals surface area contributed by atoms with Gasteiger partial charge in [-0.3, -0.25) is 10.1 Å². The Morgan fingerprint density at radius 2 is 2.14 bits per heavy atom. The van der Waals surface area contributed by atoms with E-state index in [4.69, 9.17) is 4.52 Å². The average Bonchev–Trinajstić information content (AvgIpc) is 2.84. The van der Waals surface area contributed by atoms with Crippen LogP contribution >= 0.6 is 0 Å². The van der Waals surface area contributed by atoms with Crippen molar-refractivity contribution < 1.29 is 23.0 Å². The molecule has 0 bridgehead atoms. The number of carbonyl (C=O) groups excluding carboxylic acids is 1. The minimum Gasteiger partial charge on any atom is -0.339 e. The largest absolute Gasteiger partial charge is 0.339 e. The molecule has 1 aromatic carbocycles. The molecule has 7 nitrogen and oxygen atoms in total. The highest BCUT2D eigenvalue weighted by Gasteiger charge is 2.25. The molecule has 0 radical (unpaired) electrons. The van der Waals surface area contributed by atoms with Gasteiger partial charge in [-0.1, -0.05) is 5.16 Å². The number of halogens is 2. The molecule has 2 aromatic rings. The number of rotatable bonds is 5. The first-order chi connectivity index (χ1) is 9.90. The van der Waals surface area contributed by atoms with Crippen LogP contribution in [0.2, 0.25) is 0 Å². The summed E-state index contributed by atoms with van der Waals surface area (Å²) in [6, 6.07) is 1.47. The van der Waals surface area contributed by atoms with E-state index in [2.05, 4.69) is 10.1 Å². The summed E-state index contributed by atoms with van der Waals surface area (Å²) in [7, 11) is 0. The van der Waals surface area contributed by atoms with Gasteiger partial charge in [0.1, 0.15) is 17.2 Å². The molecule has 0 saturated carbocycles. The second kappa shape index (κ2) is 5.73. The van der Waals surface area contributed by atoms with Gasteiger partial charge in [0.05, 0.1) is 4.92 Å². The van der Waals surface area contributed by atoms with Crippen LogP contribution in [0.1, 0.15) is 19.2 Å². The predicted molar refractivity (Wildman–Crippen MR) is 65.3 cm³/mol. The molecule has 9 heteroatoms. The van der Waals surface area contributed by atoms with E-state index in [0.29, 0.717) is 6.07 Å². The SMILES string of the molecule is CC(=O)CCc1nc(-c2c(F)ccc([N+](=O)[O-])c2F)no1. The Morgan fingerprint density at radius 3 is 2.76 bits per heavy atom. The topological polar surface area (TPSA) is 99.1 Å². The fourth-order valence-electron chi connectivity index (χ4n) is 1.63. The number of nitro benzene ring substituents is 1. The van der Waals surface area contributed by atoms with E-state index in [1.165, 1.54) is 6.92 Å². The number of nitro groups is 1. The molecule has 0 spiro atoms. The lowest BCUT2D eigenvalue weighted by Gasteiger charge is -2.00. The van der Waals surface area contributed by atoms with Crippen LogP contribution in [-0.4, -0.2) is 20.8 Å². The molecular formula is C12H9F2N3O4. The van der Waals surface area contributed by atoms with Crippen molar-refractivity contribution in [1.82, 2.24) is 10.1 Å². The first-order valence-corrected chi connectivity index (χ1v) is 5.85. The van der Waals surface area contributed by atoms with Crippen molar-refractivity contribution in [2.45, 2.75) is 19.8 Å². The predicted octanol–water partition coefficient (Wildman–Crippen LogP) is 2.44. The number of ketones is 1. The molecule has 2 rings (SSSR count). The summed E-state index contributed by atoms with van der Waals surface area (Å²) >= 11 is 0. The van der Waals surface area contributed by atoms with Crippen molar-refractivity contribution in [3.63, 3.8) is 0 Å². The Bertz CT molecular complexity index is 715. The summed E-state index contributed by atoms with van der Waals surface area (Å²) in [5.41, 5.74) is -1.62. The van der Waals surface area contributed by atoms with Gasteiger partial charge in [-0.2, -0.15) is 9.37 Å². The van der Waals surface area contributed by atoms with Crippen molar-refractivity contribution in [1.29, 1.82) is 0 Å². The summed E-state index contributed by atoms with van der Waals surface area (Å²) in [5, 5.41) is 14.0. The maximum absolute atomic E-state index is 13.9. The van der Waals surface area contributed by atoms with Crippen LogP contribution in [-0.2, 0) is 11.2 Å². The minimum absolute atomic E-state index is 0.0190. The number of aromatic nitrogens is 2. The summed E-state index contributed by atoms with van der Waals surface area (Å²) in [6.45, 7) is 1.37. The molecule has 0 amide bonds. The van der Waals surface area contributed by atoms with Gasteiger partial charge < -0.3 is 9.32 Å². The highest BCUT2D eigenvalue weighted by Crippen LogP contribution is 2.29. The highest BCUT2D eigenvalue weighted by atomic mass is 19.1. The number of hydrogen-bond acceptors (Lipinski definition) is 6. The lowest BCUT2D eigenvalue weighted by molar-refractivity contribution is -0.387. The normalized spacial score (nSPS) is 10.6. The van der Waals surface area contributed by atoms with Crippen LogP contribution in [0.5, 0.6) is 0 Å². The maximum Gasteiger partial charge on any atom is 0.305 e. The Morgan fingerprint density at radius 1 is 1.43 bits per heavy atom. The molecule has 0 unspecified atom stereocenters. The molecule has 1 aromatic heterocycles. The van der Waals surface area contributed by atoms with Crippen LogP contribution in [0.3, 0.4) is 0 Å². The van der Waals surface area contributed by atoms with Crippen LogP contribution in [0.15, 0.2) is 16.7 Å². The average molecular weight is 297 g/mol. The van der Waals surface area contributed by atoms with Gasteiger partial charge in [-0.05, 0) is 13.0 Å². The molecule has 0 fully saturated rings. The van der Waals surface area contributed by atoms with Gasteiger partial charge in [0.25, 0.3) is 0 Å². The van der Waals surface area contributed by atoms with Crippen LogP contribution < -0.4 is 0 Å². The molecule has 0 saturated heterocycles. The monoisotopic (exact) mass is 297 g/mol. The standard InChI is InChI=1S/C12H9F2N3O4/c1-6(18)2-5-9-15-12(16-21-9)10-7(13)3-4-8(11(10)14)17(19)20/h3-4H,2,5H2,1H3. The second-order valence-electron chi connectivity index (χ2n) is 4.23. The zero-order valence-electron chi connectivity index (χ0n) is 10.8. The van der Waals surface area contributed by atoms with Gasteiger partial charge in [0.2, 0.25) is 17.5 Å². The lowest BCUT2D eigenvalue weighted by atomic mass is 10.1. The number of carbonyl (C=O) groups is 1. The van der Waals surface area contributed by atoms with Gasteiger partial charge in [0.15, 0.2) is 0 Å². The Balaban J connectivity index is 2.40. The summed E-state index contributed by atoms with van der Waals surface area (Å²) in [4.78, 5) is 24.2. The minimum atomic E-state index is -1.38. The van der Waals surface area contributed by atoms with E-state index >= 15 is 0 Å². The third-order valence-corrected chi connectivity index (χ3v) is 2.65. The van der Waals surface area contributed by atoms with Crippen LogP contribution in [0.25, 0.3) is 11.4 Å². The summed E-state index contributed by atoms with van der Waals surface area (Å²) in [5.74, 6) is -2.95. The van der Waals surface area contributed by atoms with E-state index in [9.17, 15) is 23.7 Å². The van der Waals surface area contributed by atoms with E-state index in [1.54, 1.807) is 0 Å². The highest BCUT2D eigenvalue weighted by molar-refractivity contribution is 5.75. The third-order valence-electron chi connectivity index (χ3n) is 2.65.